The average molecular weight is 604 g/mol. The predicted molar refractivity (Wildman–Crippen MR) is 173 cm³/mol. The topological polar surface area (TPSA) is 140 Å². The Kier molecular flexibility index (Phi) is 9.06. The summed E-state index contributed by atoms with van der Waals surface area (Å²) >= 11 is 7.57. The summed E-state index contributed by atoms with van der Waals surface area (Å²) in [6.07, 6.45) is 4.99. The van der Waals surface area contributed by atoms with Gasteiger partial charge in [-0.1, -0.05) is 29.8 Å². The number of hydrogen-bond acceptors (Lipinski definition) is 7. The first-order valence-electron chi connectivity index (χ1n) is 13.2. The second-order valence-corrected chi connectivity index (χ2v) is 12.4. The summed E-state index contributed by atoms with van der Waals surface area (Å²) in [6.45, 7) is 7.13. The summed E-state index contributed by atoms with van der Waals surface area (Å²) < 4.78 is 2.69. The van der Waals surface area contributed by atoms with Gasteiger partial charge in [0.05, 0.1) is 34.0 Å². The third-order valence-electron chi connectivity index (χ3n) is 6.29. The normalized spacial score (nSPS) is 12.5. The SMILES string of the molecule is CC(C)(C)O.Cc1cc2nc(C(/C=C(\N)c3ccc4c(cnn4C)c3)=C/N)sc2c(-c2ccc(Cl)cc2)c1CC(=O)O. The van der Waals surface area contributed by atoms with Crippen LogP contribution in [0.25, 0.3) is 43.5 Å². The Labute approximate surface area is 253 Å². The molecule has 0 aliphatic carbocycles. The van der Waals surface area contributed by atoms with Crippen LogP contribution in [0.2, 0.25) is 5.02 Å². The van der Waals surface area contributed by atoms with Crippen LogP contribution in [0.15, 0.2) is 67.0 Å². The number of carboxylic acid groups (broad SMARTS) is 1. The Bertz CT molecular complexity index is 1820. The maximum absolute atomic E-state index is 11.7. The van der Waals surface area contributed by atoms with Crippen LogP contribution in [0.1, 0.15) is 42.5 Å². The van der Waals surface area contributed by atoms with Crippen molar-refractivity contribution in [1.82, 2.24) is 14.8 Å². The van der Waals surface area contributed by atoms with Crippen LogP contribution < -0.4 is 11.5 Å². The minimum absolute atomic E-state index is 0.101. The number of benzene rings is 3. The molecule has 0 amide bonds. The number of aryl methyl sites for hydroxylation is 2. The zero-order chi connectivity index (χ0) is 30.8. The lowest BCUT2D eigenvalue weighted by molar-refractivity contribution is -0.136. The Morgan fingerprint density at radius 2 is 1.81 bits per heavy atom. The molecule has 0 radical (unpaired) electrons. The highest BCUT2D eigenvalue weighted by Gasteiger charge is 2.20. The van der Waals surface area contributed by atoms with E-state index in [9.17, 15) is 9.90 Å². The number of carboxylic acids is 1. The zero-order valence-corrected chi connectivity index (χ0v) is 25.7. The zero-order valence-electron chi connectivity index (χ0n) is 24.1. The summed E-state index contributed by atoms with van der Waals surface area (Å²) in [5.41, 5.74) is 19.2. The van der Waals surface area contributed by atoms with Gasteiger partial charge in [0.1, 0.15) is 5.01 Å². The molecular formula is C32H34ClN5O3S. The first-order valence-corrected chi connectivity index (χ1v) is 14.4. The van der Waals surface area contributed by atoms with E-state index in [-0.39, 0.29) is 6.42 Å². The Hall–Kier alpha value is -4.18. The lowest BCUT2D eigenvalue weighted by Crippen LogP contribution is -2.10. The van der Waals surface area contributed by atoms with E-state index in [0.717, 1.165) is 48.9 Å². The Morgan fingerprint density at radius 1 is 1.14 bits per heavy atom. The van der Waals surface area contributed by atoms with E-state index in [1.54, 1.807) is 39.1 Å². The number of hydrogen-bond donors (Lipinski definition) is 4. The van der Waals surface area contributed by atoms with E-state index in [1.807, 2.05) is 61.1 Å². The van der Waals surface area contributed by atoms with Crippen molar-refractivity contribution in [2.75, 3.05) is 0 Å². The van der Waals surface area contributed by atoms with Gasteiger partial charge in [-0.25, -0.2) is 4.98 Å². The minimum Gasteiger partial charge on any atom is -0.481 e. The van der Waals surface area contributed by atoms with Crippen LogP contribution in [-0.2, 0) is 18.3 Å². The van der Waals surface area contributed by atoms with Crippen LogP contribution >= 0.6 is 22.9 Å². The Morgan fingerprint density at radius 3 is 2.43 bits per heavy atom. The van der Waals surface area contributed by atoms with Gasteiger partial charge in [-0.2, -0.15) is 5.10 Å². The van der Waals surface area contributed by atoms with Gasteiger partial charge >= 0.3 is 5.97 Å². The van der Waals surface area contributed by atoms with E-state index >= 15 is 0 Å². The molecule has 0 saturated carbocycles. The van der Waals surface area contributed by atoms with Crippen LogP contribution in [0.3, 0.4) is 0 Å². The van der Waals surface area contributed by atoms with Crippen molar-refractivity contribution in [2.45, 2.75) is 39.7 Å². The van der Waals surface area contributed by atoms with Crippen LogP contribution in [0, 0.1) is 6.92 Å². The summed E-state index contributed by atoms with van der Waals surface area (Å²) in [6, 6.07) is 15.2. The number of fused-ring (bicyclic) bond motifs is 2. The number of nitrogens with two attached hydrogens (primary N) is 2. The van der Waals surface area contributed by atoms with Gasteiger partial charge in [-0.15, -0.1) is 11.3 Å². The molecule has 0 atom stereocenters. The monoisotopic (exact) mass is 603 g/mol. The van der Waals surface area contributed by atoms with Crippen molar-refractivity contribution in [2.24, 2.45) is 18.5 Å². The maximum atomic E-state index is 11.7. The van der Waals surface area contributed by atoms with E-state index < -0.39 is 11.6 Å². The molecule has 0 unspecified atom stereocenters. The summed E-state index contributed by atoms with van der Waals surface area (Å²) in [5, 5.41) is 24.7. The molecule has 0 bridgehead atoms. The highest BCUT2D eigenvalue weighted by molar-refractivity contribution is 7.20. The molecule has 0 fully saturated rings. The predicted octanol–water partition coefficient (Wildman–Crippen LogP) is 6.52. The standard InChI is InChI=1S/C28H24ClN5O2S.C4H10O/c1-15-9-23-27(26(21(15)12-25(35)36)16-3-6-20(29)7-4-16)37-28(33-23)18(13-30)11-22(31)17-5-8-24-19(10-17)14-32-34(24)2;1-4(2,3)5/h3-11,13-14H,12,30-31H2,1-2H3,(H,35,36);5H,1-3H3/b18-13+,22-11-;. The maximum Gasteiger partial charge on any atom is 0.307 e. The molecule has 5 rings (SSSR count). The second-order valence-electron chi connectivity index (χ2n) is 10.9. The second kappa shape index (κ2) is 12.4. The van der Waals surface area contributed by atoms with Gasteiger partial charge in [0, 0.05) is 40.5 Å². The number of aromatic nitrogens is 3. The number of aliphatic carboxylic acids is 1. The summed E-state index contributed by atoms with van der Waals surface area (Å²) in [5.74, 6) is -0.897. The lowest BCUT2D eigenvalue weighted by Gasteiger charge is -2.13. The molecule has 10 heteroatoms. The van der Waals surface area contributed by atoms with Gasteiger partial charge in [0.15, 0.2) is 0 Å². The molecule has 0 saturated heterocycles. The quantitative estimate of drug-likeness (QED) is 0.162. The summed E-state index contributed by atoms with van der Waals surface area (Å²) in [7, 11) is 1.89. The molecule has 0 aliphatic rings. The van der Waals surface area contributed by atoms with Gasteiger partial charge < -0.3 is 21.7 Å². The van der Waals surface area contributed by atoms with Gasteiger partial charge in [0.2, 0.25) is 0 Å². The molecular weight excluding hydrogens is 570 g/mol. The molecule has 0 aliphatic heterocycles. The molecule has 6 N–H and O–H groups in total. The minimum atomic E-state index is -0.897. The number of allylic oxidation sites excluding steroid dienone is 2. The number of halogens is 1. The van der Waals surface area contributed by atoms with Crippen molar-refractivity contribution >= 4 is 61.3 Å². The van der Waals surface area contributed by atoms with Crippen molar-refractivity contribution in [3.05, 3.63) is 93.7 Å². The van der Waals surface area contributed by atoms with E-state index in [4.69, 9.17) is 33.2 Å². The molecule has 2 heterocycles. The summed E-state index contributed by atoms with van der Waals surface area (Å²) in [4.78, 5) is 16.6. The number of rotatable bonds is 6. The molecule has 5 aromatic rings. The third-order valence-corrected chi connectivity index (χ3v) is 7.68. The van der Waals surface area contributed by atoms with Crippen molar-refractivity contribution in [1.29, 1.82) is 0 Å². The number of nitrogens with zero attached hydrogens (tertiary/aromatic N) is 3. The van der Waals surface area contributed by atoms with Crippen LogP contribution in [0.4, 0.5) is 0 Å². The van der Waals surface area contributed by atoms with E-state index in [0.29, 0.717) is 21.3 Å². The number of thiazole rings is 1. The number of aliphatic hydroxyl groups is 1. The molecule has 8 nitrogen and oxygen atoms in total. The molecule has 2 aromatic heterocycles. The van der Waals surface area contributed by atoms with Gasteiger partial charge in [0.25, 0.3) is 0 Å². The number of carbonyl (C=O) groups is 1. The first kappa shape index (κ1) is 30.8. The van der Waals surface area contributed by atoms with Gasteiger partial charge in [-0.3, -0.25) is 9.48 Å². The van der Waals surface area contributed by atoms with Crippen LogP contribution in [0.5, 0.6) is 0 Å². The average Bonchev–Trinajstić information content (AvgIpc) is 3.50. The smallest absolute Gasteiger partial charge is 0.307 e. The van der Waals surface area contributed by atoms with Crippen molar-refractivity contribution < 1.29 is 15.0 Å². The van der Waals surface area contributed by atoms with Gasteiger partial charge in [-0.05, 0) is 86.4 Å². The van der Waals surface area contributed by atoms with Crippen LogP contribution in [-0.4, -0.2) is 36.5 Å². The lowest BCUT2D eigenvalue weighted by atomic mass is 9.93. The van der Waals surface area contributed by atoms with Crippen molar-refractivity contribution in [3.8, 4) is 11.1 Å². The molecule has 218 valence electrons. The van der Waals surface area contributed by atoms with Crippen molar-refractivity contribution in [3.63, 3.8) is 0 Å². The van der Waals surface area contributed by atoms with E-state index in [2.05, 4.69) is 5.10 Å². The fraction of sp³-hybridized carbons (Fsp3) is 0.219. The molecule has 0 spiro atoms. The van der Waals surface area contributed by atoms with E-state index in [1.165, 1.54) is 17.5 Å². The highest BCUT2D eigenvalue weighted by Crippen LogP contribution is 2.40. The first-order chi connectivity index (χ1) is 19.7. The highest BCUT2D eigenvalue weighted by atomic mass is 35.5. The largest absolute Gasteiger partial charge is 0.481 e. The third kappa shape index (κ3) is 7.17. The molecule has 3 aromatic carbocycles. The fourth-order valence-electron chi connectivity index (χ4n) is 4.43. The molecule has 42 heavy (non-hydrogen) atoms. The Balaban J connectivity index is 0.000000748. The fourth-order valence-corrected chi connectivity index (χ4v) is 5.70.